The van der Waals surface area contributed by atoms with Crippen LogP contribution in [0.15, 0.2) is 18.2 Å². The van der Waals surface area contributed by atoms with Crippen LogP contribution in [-0.4, -0.2) is 33.2 Å². The van der Waals surface area contributed by atoms with Gasteiger partial charge in [-0.3, -0.25) is 4.79 Å². The van der Waals surface area contributed by atoms with Crippen molar-refractivity contribution < 1.29 is 19.0 Å². The molecule has 1 aromatic rings. The minimum atomic E-state index is 0.0654. The third-order valence-corrected chi connectivity index (χ3v) is 2.46. The molecular formula is C14H20O4. The van der Waals surface area contributed by atoms with Gasteiger partial charge in [-0.25, -0.2) is 0 Å². The normalized spacial score (nSPS) is 10.2. The van der Waals surface area contributed by atoms with Gasteiger partial charge >= 0.3 is 0 Å². The van der Waals surface area contributed by atoms with Gasteiger partial charge in [0.2, 0.25) is 0 Å². The van der Waals surface area contributed by atoms with Crippen LogP contribution in [0.2, 0.25) is 0 Å². The van der Waals surface area contributed by atoms with Gasteiger partial charge in [0.25, 0.3) is 0 Å². The molecule has 0 aliphatic carbocycles. The molecule has 0 atom stereocenters. The Morgan fingerprint density at radius 3 is 2.50 bits per heavy atom. The Bertz CT molecular complexity index is 387. The van der Waals surface area contributed by atoms with Crippen LogP contribution in [0.4, 0.5) is 0 Å². The Hall–Kier alpha value is -1.55. The number of ether oxygens (including phenoxy) is 3. The second-order valence-corrected chi connectivity index (χ2v) is 3.96. The molecule has 100 valence electrons. The molecule has 18 heavy (non-hydrogen) atoms. The van der Waals surface area contributed by atoms with Crippen LogP contribution in [0.5, 0.6) is 11.5 Å². The molecule has 0 N–H and O–H groups in total. The van der Waals surface area contributed by atoms with E-state index >= 15 is 0 Å². The van der Waals surface area contributed by atoms with Crippen LogP contribution in [0.25, 0.3) is 0 Å². The average Bonchev–Trinajstić information content (AvgIpc) is 2.39. The summed E-state index contributed by atoms with van der Waals surface area (Å²) in [5.41, 5.74) is 0.901. The van der Waals surface area contributed by atoms with E-state index < -0.39 is 0 Å². The average molecular weight is 252 g/mol. The standard InChI is InChI=1S/C14H20O4/c1-4-7-18-10-12(15)8-11-5-6-13(16-2)14(9-11)17-3/h5-6,9H,4,7-8,10H2,1-3H3. The van der Waals surface area contributed by atoms with Crippen molar-refractivity contribution in [1.82, 2.24) is 0 Å². The molecule has 1 rings (SSSR count). The fraction of sp³-hybridized carbons (Fsp3) is 0.500. The monoisotopic (exact) mass is 252 g/mol. The Kier molecular flexibility index (Phi) is 6.22. The molecular weight excluding hydrogens is 232 g/mol. The molecule has 0 saturated carbocycles. The molecule has 0 aliphatic heterocycles. The lowest BCUT2D eigenvalue weighted by Crippen LogP contribution is -2.12. The highest BCUT2D eigenvalue weighted by atomic mass is 16.5. The van der Waals surface area contributed by atoms with E-state index in [1.54, 1.807) is 20.3 Å². The highest BCUT2D eigenvalue weighted by molar-refractivity contribution is 5.82. The van der Waals surface area contributed by atoms with Gasteiger partial charge in [-0.15, -0.1) is 0 Å². The zero-order chi connectivity index (χ0) is 13.4. The summed E-state index contributed by atoms with van der Waals surface area (Å²) in [5, 5.41) is 0. The van der Waals surface area contributed by atoms with E-state index in [0.717, 1.165) is 12.0 Å². The van der Waals surface area contributed by atoms with Gasteiger partial charge in [0.1, 0.15) is 6.61 Å². The molecule has 0 bridgehead atoms. The minimum absolute atomic E-state index is 0.0654. The molecule has 0 amide bonds. The van der Waals surface area contributed by atoms with Crippen LogP contribution in [0.3, 0.4) is 0 Å². The topological polar surface area (TPSA) is 44.8 Å². The van der Waals surface area contributed by atoms with Crippen LogP contribution < -0.4 is 9.47 Å². The van der Waals surface area contributed by atoms with Crippen LogP contribution in [0.1, 0.15) is 18.9 Å². The van der Waals surface area contributed by atoms with Crippen LogP contribution in [-0.2, 0) is 16.0 Å². The highest BCUT2D eigenvalue weighted by Gasteiger charge is 2.08. The highest BCUT2D eigenvalue weighted by Crippen LogP contribution is 2.27. The smallest absolute Gasteiger partial charge is 0.162 e. The largest absolute Gasteiger partial charge is 0.493 e. The lowest BCUT2D eigenvalue weighted by atomic mass is 10.1. The Morgan fingerprint density at radius 1 is 1.17 bits per heavy atom. The van der Waals surface area contributed by atoms with E-state index in [1.807, 2.05) is 19.1 Å². The summed E-state index contributed by atoms with van der Waals surface area (Å²) >= 11 is 0. The van der Waals surface area contributed by atoms with Crippen molar-refractivity contribution in [1.29, 1.82) is 0 Å². The third kappa shape index (κ3) is 4.37. The number of hydrogen-bond donors (Lipinski definition) is 0. The fourth-order valence-electron chi connectivity index (χ4n) is 1.60. The van der Waals surface area contributed by atoms with Gasteiger partial charge in [0.05, 0.1) is 14.2 Å². The zero-order valence-corrected chi connectivity index (χ0v) is 11.2. The molecule has 0 unspecified atom stereocenters. The van der Waals surface area contributed by atoms with Crippen LogP contribution in [0, 0.1) is 0 Å². The van der Waals surface area contributed by atoms with Gasteiger partial charge in [-0.1, -0.05) is 13.0 Å². The summed E-state index contributed by atoms with van der Waals surface area (Å²) in [6.45, 7) is 2.80. The van der Waals surface area contributed by atoms with E-state index in [2.05, 4.69) is 0 Å². The summed E-state index contributed by atoms with van der Waals surface area (Å²) in [6, 6.07) is 5.48. The SMILES string of the molecule is CCCOCC(=O)Cc1ccc(OC)c(OC)c1. The number of rotatable bonds is 8. The second kappa shape index (κ2) is 7.71. The molecule has 0 aliphatic rings. The molecule has 0 aromatic heterocycles. The predicted molar refractivity (Wildman–Crippen MR) is 69.4 cm³/mol. The van der Waals surface area contributed by atoms with Crippen molar-refractivity contribution in [2.45, 2.75) is 19.8 Å². The minimum Gasteiger partial charge on any atom is -0.493 e. The summed E-state index contributed by atoms with van der Waals surface area (Å²) < 4.78 is 15.5. The lowest BCUT2D eigenvalue weighted by Gasteiger charge is -2.09. The number of carbonyl (C=O) groups excluding carboxylic acids is 1. The summed E-state index contributed by atoms with van der Waals surface area (Å²) in [5.74, 6) is 1.36. The molecule has 0 saturated heterocycles. The van der Waals surface area contributed by atoms with Gasteiger partial charge in [0.15, 0.2) is 17.3 Å². The van der Waals surface area contributed by atoms with E-state index in [4.69, 9.17) is 14.2 Å². The third-order valence-electron chi connectivity index (χ3n) is 2.46. The maximum Gasteiger partial charge on any atom is 0.162 e. The number of ketones is 1. The summed E-state index contributed by atoms with van der Waals surface area (Å²) in [6.07, 6.45) is 1.27. The number of benzene rings is 1. The second-order valence-electron chi connectivity index (χ2n) is 3.96. The van der Waals surface area contributed by atoms with Crippen molar-refractivity contribution in [3.63, 3.8) is 0 Å². The first-order valence-electron chi connectivity index (χ1n) is 6.01. The Labute approximate surface area is 108 Å². The number of carbonyl (C=O) groups is 1. The number of hydrogen-bond acceptors (Lipinski definition) is 4. The van der Waals surface area contributed by atoms with Crippen molar-refractivity contribution >= 4 is 5.78 Å². The summed E-state index contributed by atoms with van der Waals surface area (Å²) in [7, 11) is 3.16. The van der Waals surface area contributed by atoms with Crippen molar-refractivity contribution in [2.75, 3.05) is 27.4 Å². The maximum atomic E-state index is 11.6. The van der Waals surface area contributed by atoms with Gasteiger partial charge < -0.3 is 14.2 Å². The molecule has 0 heterocycles. The number of Topliss-reactive ketones (excluding diaryl/α,β-unsaturated/α-hetero) is 1. The van der Waals surface area contributed by atoms with Gasteiger partial charge in [-0.2, -0.15) is 0 Å². The van der Waals surface area contributed by atoms with Gasteiger partial charge in [-0.05, 0) is 24.1 Å². The van der Waals surface area contributed by atoms with Crippen LogP contribution >= 0.6 is 0 Å². The van der Waals surface area contributed by atoms with E-state index in [-0.39, 0.29) is 12.4 Å². The predicted octanol–water partition coefficient (Wildman–Crippen LogP) is 2.24. The summed E-state index contributed by atoms with van der Waals surface area (Å²) in [4.78, 5) is 11.6. The van der Waals surface area contributed by atoms with Crippen molar-refractivity contribution in [3.8, 4) is 11.5 Å². The molecule has 1 aromatic carbocycles. The number of methoxy groups -OCH3 is 2. The first-order chi connectivity index (χ1) is 8.71. The Balaban J connectivity index is 2.59. The first kappa shape index (κ1) is 14.5. The molecule has 0 spiro atoms. The molecule has 0 radical (unpaired) electrons. The Morgan fingerprint density at radius 2 is 1.89 bits per heavy atom. The maximum absolute atomic E-state index is 11.6. The molecule has 4 heteroatoms. The van der Waals surface area contributed by atoms with E-state index in [1.165, 1.54) is 0 Å². The van der Waals surface area contributed by atoms with Crippen molar-refractivity contribution in [2.24, 2.45) is 0 Å². The molecule has 4 nitrogen and oxygen atoms in total. The van der Waals surface area contributed by atoms with Crippen molar-refractivity contribution in [3.05, 3.63) is 23.8 Å². The van der Waals surface area contributed by atoms with E-state index in [0.29, 0.717) is 24.5 Å². The van der Waals surface area contributed by atoms with E-state index in [9.17, 15) is 4.79 Å². The zero-order valence-electron chi connectivity index (χ0n) is 11.2. The quantitative estimate of drug-likeness (QED) is 0.666. The van der Waals surface area contributed by atoms with Gasteiger partial charge in [0, 0.05) is 13.0 Å². The lowest BCUT2D eigenvalue weighted by molar-refractivity contribution is -0.122. The molecule has 0 fully saturated rings. The fourth-order valence-corrected chi connectivity index (χ4v) is 1.60. The first-order valence-corrected chi connectivity index (χ1v) is 6.01.